The number of hydrogen-bond donors (Lipinski definition) is 0. The molecule has 0 spiro atoms. The van der Waals surface area contributed by atoms with Crippen molar-refractivity contribution in [2.24, 2.45) is 0 Å². The SMILES string of the molecule is CCc1nc(C)nc(N2CCCN(C(=O)c3ccc(Cl)c(Cl)c3)CC2)c1Cc1ccc(C)cc1. The summed E-state index contributed by atoms with van der Waals surface area (Å²) in [5.41, 5.74) is 5.34. The van der Waals surface area contributed by atoms with Gasteiger partial charge in [0.2, 0.25) is 0 Å². The largest absolute Gasteiger partial charge is 0.354 e. The third-order valence-corrected chi connectivity index (χ3v) is 7.01. The smallest absolute Gasteiger partial charge is 0.253 e. The minimum atomic E-state index is -0.0200. The Balaban J connectivity index is 1.58. The highest BCUT2D eigenvalue weighted by Crippen LogP contribution is 2.27. The molecule has 178 valence electrons. The monoisotopic (exact) mass is 496 g/mol. The van der Waals surface area contributed by atoms with E-state index in [1.54, 1.807) is 18.2 Å². The molecule has 34 heavy (non-hydrogen) atoms. The van der Waals surface area contributed by atoms with Crippen LogP contribution in [-0.2, 0) is 12.8 Å². The average molecular weight is 497 g/mol. The van der Waals surface area contributed by atoms with Crippen LogP contribution in [0.25, 0.3) is 0 Å². The molecule has 7 heteroatoms. The van der Waals surface area contributed by atoms with Crippen LogP contribution in [0.5, 0.6) is 0 Å². The maximum atomic E-state index is 13.1. The first-order valence-corrected chi connectivity index (χ1v) is 12.5. The molecule has 1 saturated heterocycles. The maximum Gasteiger partial charge on any atom is 0.253 e. The Hall–Kier alpha value is -2.63. The van der Waals surface area contributed by atoms with Crippen LogP contribution in [0.3, 0.4) is 0 Å². The van der Waals surface area contributed by atoms with Gasteiger partial charge in [-0.25, -0.2) is 9.97 Å². The van der Waals surface area contributed by atoms with E-state index in [0.717, 1.165) is 43.1 Å². The van der Waals surface area contributed by atoms with E-state index in [4.69, 9.17) is 33.2 Å². The third kappa shape index (κ3) is 5.53. The molecule has 1 amide bonds. The number of carbonyl (C=O) groups excluding carboxylic acids is 1. The first kappa shape index (κ1) is 24.5. The van der Waals surface area contributed by atoms with Gasteiger partial charge in [-0.1, -0.05) is 60.0 Å². The Morgan fingerprint density at radius 1 is 0.941 bits per heavy atom. The summed E-state index contributed by atoms with van der Waals surface area (Å²) in [4.78, 5) is 27.0. The van der Waals surface area contributed by atoms with E-state index in [2.05, 4.69) is 43.0 Å². The standard InChI is InChI=1S/C27H30Cl2N4O/c1-4-25-22(16-20-8-6-18(2)7-9-20)26(31-19(3)30-25)32-12-5-13-33(15-14-32)27(34)21-10-11-23(28)24(29)17-21/h6-11,17H,4-5,12-16H2,1-3H3. The van der Waals surface area contributed by atoms with Crippen LogP contribution in [0.15, 0.2) is 42.5 Å². The Labute approximate surface area is 211 Å². The van der Waals surface area contributed by atoms with Gasteiger partial charge in [-0.15, -0.1) is 0 Å². The van der Waals surface area contributed by atoms with Gasteiger partial charge in [-0.2, -0.15) is 0 Å². The Morgan fingerprint density at radius 3 is 2.41 bits per heavy atom. The highest BCUT2D eigenvalue weighted by atomic mass is 35.5. The second-order valence-electron chi connectivity index (χ2n) is 8.80. The minimum absolute atomic E-state index is 0.0200. The molecular formula is C27H30Cl2N4O. The molecule has 0 saturated carbocycles. The summed E-state index contributed by atoms with van der Waals surface area (Å²) in [7, 11) is 0. The van der Waals surface area contributed by atoms with Gasteiger partial charge in [0.25, 0.3) is 5.91 Å². The molecule has 1 aromatic heterocycles. The van der Waals surface area contributed by atoms with E-state index in [0.29, 0.717) is 35.2 Å². The molecule has 0 unspecified atom stereocenters. The van der Waals surface area contributed by atoms with Crippen LogP contribution >= 0.6 is 23.2 Å². The second-order valence-corrected chi connectivity index (χ2v) is 9.61. The lowest BCUT2D eigenvalue weighted by Gasteiger charge is -2.26. The van der Waals surface area contributed by atoms with Crippen LogP contribution in [0, 0.1) is 13.8 Å². The lowest BCUT2D eigenvalue weighted by atomic mass is 10.0. The van der Waals surface area contributed by atoms with Gasteiger partial charge in [0, 0.05) is 49.4 Å². The zero-order valence-electron chi connectivity index (χ0n) is 19.9. The van der Waals surface area contributed by atoms with Crippen molar-refractivity contribution in [3.05, 3.63) is 86.3 Å². The predicted molar refractivity (Wildman–Crippen MR) is 139 cm³/mol. The van der Waals surface area contributed by atoms with Gasteiger partial charge in [0.05, 0.1) is 10.0 Å². The number of aromatic nitrogens is 2. The molecule has 2 heterocycles. The van der Waals surface area contributed by atoms with Crippen molar-refractivity contribution in [1.82, 2.24) is 14.9 Å². The molecule has 0 radical (unpaired) electrons. The van der Waals surface area contributed by atoms with Gasteiger partial charge in [0.15, 0.2) is 0 Å². The highest BCUT2D eigenvalue weighted by molar-refractivity contribution is 6.42. The number of nitrogens with zero attached hydrogens (tertiary/aromatic N) is 4. The molecule has 0 N–H and O–H groups in total. The number of anilines is 1. The number of aryl methyl sites for hydroxylation is 3. The Morgan fingerprint density at radius 2 is 1.71 bits per heavy atom. The number of rotatable bonds is 5. The number of benzene rings is 2. The topological polar surface area (TPSA) is 49.3 Å². The fourth-order valence-corrected chi connectivity index (χ4v) is 4.72. The third-order valence-electron chi connectivity index (χ3n) is 6.27. The van der Waals surface area contributed by atoms with Crippen molar-refractivity contribution in [2.75, 3.05) is 31.1 Å². The Kier molecular flexibility index (Phi) is 7.74. The van der Waals surface area contributed by atoms with Crippen molar-refractivity contribution < 1.29 is 4.79 Å². The summed E-state index contributed by atoms with van der Waals surface area (Å²) in [6.45, 7) is 9.06. The van der Waals surface area contributed by atoms with Crippen LogP contribution in [0.2, 0.25) is 10.0 Å². The number of hydrogen-bond acceptors (Lipinski definition) is 4. The minimum Gasteiger partial charge on any atom is -0.354 e. The van der Waals surface area contributed by atoms with E-state index in [-0.39, 0.29) is 5.91 Å². The molecule has 4 rings (SSSR count). The van der Waals surface area contributed by atoms with Crippen molar-refractivity contribution in [3.8, 4) is 0 Å². The lowest BCUT2D eigenvalue weighted by molar-refractivity contribution is 0.0767. The first-order chi connectivity index (χ1) is 16.4. The van der Waals surface area contributed by atoms with Crippen molar-refractivity contribution >= 4 is 34.9 Å². The lowest BCUT2D eigenvalue weighted by Crippen LogP contribution is -2.35. The van der Waals surface area contributed by atoms with Gasteiger partial charge in [0.1, 0.15) is 11.6 Å². The van der Waals surface area contributed by atoms with Gasteiger partial charge in [-0.05, 0) is 50.5 Å². The molecule has 2 aromatic carbocycles. The summed E-state index contributed by atoms with van der Waals surface area (Å²) >= 11 is 12.2. The molecular weight excluding hydrogens is 467 g/mol. The van der Waals surface area contributed by atoms with E-state index in [9.17, 15) is 4.79 Å². The summed E-state index contributed by atoms with van der Waals surface area (Å²) < 4.78 is 0. The predicted octanol–water partition coefficient (Wildman–Crippen LogP) is 5.91. The van der Waals surface area contributed by atoms with E-state index >= 15 is 0 Å². The van der Waals surface area contributed by atoms with E-state index in [1.165, 1.54) is 16.7 Å². The number of amides is 1. The summed E-state index contributed by atoms with van der Waals surface area (Å²) in [6, 6.07) is 13.7. The van der Waals surface area contributed by atoms with Crippen LogP contribution < -0.4 is 4.90 Å². The summed E-state index contributed by atoms with van der Waals surface area (Å²) in [5.74, 6) is 1.76. The normalized spacial score (nSPS) is 14.3. The van der Waals surface area contributed by atoms with Crippen molar-refractivity contribution in [3.63, 3.8) is 0 Å². The summed E-state index contributed by atoms with van der Waals surface area (Å²) in [6.07, 6.45) is 2.51. The fraction of sp³-hybridized carbons (Fsp3) is 0.370. The van der Waals surface area contributed by atoms with E-state index < -0.39 is 0 Å². The van der Waals surface area contributed by atoms with Gasteiger partial charge >= 0.3 is 0 Å². The maximum absolute atomic E-state index is 13.1. The number of carbonyl (C=O) groups is 1. The zero-order chi connectivity index (χ0) is 24.2. The molecule has 5 nitrogen and oxygen atoms in total. The number of halogens is 2. The zero-order valence-corrected chi connectivity index (χ0v) is 21.5. The van der Waals surface area contributed by atoms with Gasteiger partial charge in [-0.3, -0.25) is 4.79 Å². The molecule has 1 aliphatic heterocycles. The molecule has 0 atom stereocenters. The summed E-state index contributed by atoms with van der Waals surface area (Å²) in [5, 5.41) is 0.848. The molecule has 1 fully saturated rings. The van der Waals surface area contributed by atoms with Crippen molar-refractivity contribution in [2.45, 2.75) is 40.0 Å². The molecule has 0 bridgehead atoms. The second kappa shape index (κ2) is 10.7. The molecule has 0 aliphatic carbocycles. The highest BCUT2D eigenvalue weighted by Gasteiger charge is 2.24. The fourth-order valence-electron chi connectivity index (χ4n) is 4.43. The van der Waals surface area contributed by atoms with E-state index in [1.807, 2.05) is 11.8 Å². The Bertz CT molecular complexity index is 1180. The molecule has 3 aromatic rings. The average Bonchev–Trinajstić information content (AvgIpc) is 3.09. The molecule has 1 aliphatic rings. The van der Waals surface area contributed by atoms with Crippen LogP contribution in [0.1, 0.15) is 51.9 Å². The van der Waals surface area contributed by atoms with Gasteiger partial charge < -0.3 is 9.80 Å². The quantitative estimate of drug-likeness (QED) is 0.440. The van der Waals surface area contributed by atoms with Crippen LogP contribution in [0.4, 0.5) is 5.82 Å². The first-order valence-electron chi connectivity index (χ1n) is 11.8. The van der Waals surface area contributed by atoms with Crippen molar-refractivity contribution in [1.29, 1.82) is 0 Å². The van der Waals surface area contributed by atoms with Crippen LogP contribution in [-0.4, -0.2) is 47.0 Å².